The first-order chi connectivity index (χ1) is 8.04. The lowest BCUT2D eigenvalue weighted by molar-refractivity contribution is -0.137. The number of carbonyl (C=O) groups excluding carboxylic acids is 2. The maximum atomic E-state index is 11.8. The van der Waals surface area contributed by atoms with Crippen molar-refractivity contribution in [3.8, 4) is 0 Å². The Bertz CT molecular complexity index is 259. The minimum atomic E-state index is -1.12. The summed E-state index contributed by atoms with van der Waals surface area (Å²) in [6.07, 6.45) is 4.38. The largest absolute Gasteiger partial charge is 0.481 e. The zero-order chi connectivity index (χ0) is 13.3. The molecule has 0 aliphatic rings. The first kappa shape index (κ1) is 15.6. The topological polar surface area (TPSA) is 83.5 Å². The fraction of sp³-hybridized carbons (Fsp3) is 0.750. The summed E-state index contributed by atoms with van der Waals surface area (Å²) in [6, 6.07) is -1.05. The summed E-state index contributed by atoms with van der Waals surface area (Å²) in [7, 11) is 0. The standard InChI is InChI=1S/C12H20NO4/c1-3-5-9(6-4-2)12(17)13-10(8-14)7-11(15)16/h9-10H,3-7H2,1-2H3,(H,13,17)(H,15,16)/t10-/m0/s1. The van der Waals surface area contributed by atoms with E-state index < -0.39 is 18.4 Å². The Morgan fingerprint density at radius 3 is 2.12 bits per heavy atom. The van der Waals surface area contributed by atoms with Gasteiger partial charge in [-0.15, -0.1) is 0 Å². The average Bonchev–Trinajstić information content (AvgIpc) is 2.27. The summed E-state index contributed by atoms with van der Waals surface area (Å²) in [6.45, 7) is 3.97. The summed E-state index contributed by atoms with van der Waals surface area (Å²) >= 11 is 0. The quantitative estimate of drug-likeness (QED) is 0.637. The molecule has 0 saturated heterocycles. The highest BCUT2D eigenvalue weighted by atomic mass is 16.4. The van der Waals surface area contributed by atoms with Crippen LogP contribution in [0.15, 0.2) is 0 Å². The number of carboxylic acid groups (broad SMARTS) is 1. The molecule has 0 aromatic carbocycles. The van der Waals surface area contributed by atoms with Crippen molar-refractivity contribution in [2.24, 2.45) is 5.92 Å². The molecular weight excluding hydrogens is 222 g/mol. The van der Waals surface area contributed by atoms with Crippen LogP contribution < -0.4 is 5.32 Å². The molecule has 0 saturated carbocycles. The summed E-state index contributed by atoms with van der Waals surface area (Å²) in [5.41, 5.74) is 0. The molecule has 0 fully saturated rings. The van der Waals surface area contributed by atoms with Gasteiger partial charge in [0, 0.05) is 5.92 Å². The zero-order valence-corrected chi connectivity index (χ0v) is 10.4. The van der Waals surface area contributed by atoms with E-state index in [2.05, 4.69) is 5.32 Å². The number of carbonyl (C=O) groups is 2. The number of nitrogens with one attached hydrogen (secondary N) is 1. The van der Waals surface area contributed by atoms with E-state index >= 15 is 0 Å². The van der Waals surface area contributed by atoms with E-state index in [1.165, 1.54) is 0 Å². The van der Waals surface area contributed by atoms with E-state index in [1.54, 1.807) is 6.29 Å². The lowest BCUT2D eigenvalue weighted by atomic mass is 9.97. The maximum absolute atomic E-state index is 11.8. The predicted octanol–water partition coefficient (Wildman–Crippen LogP) is 1.27. The molecule has 0 rings (SSSR count). The molecule has 17 heavy (non-hydrogen) atoms. The highest BCUT2D eigenvalue weighted by molar-refractivity contribution is 5.84. The van der Waals surface area contributed by atoms with Gasteiger partial charge in [0.15, 0.2) is 0 Å². The fourth-order valence-electron chi connectivity index (χ4n) is 1.69. The molecule has 0 aromatic heterocycles. The predicted molar refractivity (Wildman–Crippen MR) is 63.2 cm³/mol. The van der Waals surface area contributed by atoms with Crippen LogP contribution in [0.5, 0.6) is 0 Å². The molecule has 0 unspecified atom stereocenters. The number of hydrogen-bond donors (Lipinski definition) is 2. The first-order valence-corrected chi connectivity index (χ1v) is 5.94. The molecule has 1 radical (unpaired) electrons. The lowest BCUT2D eigenvalue weighted by Crippen LogP contribution is -2.41. The Balaban J connectivity index is 4.34. The Morgan fingerprint density at radius 1 is 1.24 bits per heavy atom. The Kier molecular flexibility index (Phi) is 8.01. The minimum absolute atomic E-state index is 0.144. The van der Waals surface area contributed by atoms with E-state index in [1.807, 2.05) is 13.8 Å². The Hall–Kier alpha value is -1.39. The summed E-state index contributed by atoms with van der Waals surface area (Å²) in [4.78, 5) is 32.7. The molecular formula is C12H20NO4. The van der Waals surface area contributed by atoms with Crippen LogP contribution in [-0.4, -0.2) is 29.3 Å². The van der Waals surface area contributed by atoms with Crippen LogP contribution in [0, 0.1) is 5.92 Å². The van der Waals surface area contributed by atoms with Gasteiger partial charge in [-0.2, -0.15) is 0 Å². The van der Waals surface area contributed by atoms with Gasteiger partial charge in [-0.1, -0.05) is 26.7 Å². The van der Waals surface area contributed by atoms with Crippen LogP contribution in [-0.2, 0) is 14.4 Å². The number of rotatable bonds is 9. The van der Waals surface area contributed by atoms with Crippen LogP contribution in [0.25, 0.3) is 0 Å². The Labute approximate surface area is 102 Å². The highest BCUT2D eigenvalue weighted by Crippen LogP contribution is 2.13. The second-order valence-electron chi connectivity index (χ2n) is 4.05. The fourth-order valence-corrected chi connectivity index (χ4v) is 1.69. The van der Waals surface area contributed by atoms with Crippen molar-refractivity contribution in [2.45, 2.75) is 52.0 Å². The average molecular weight is 242 g/mol. The van der Waals surface area contributed by atoms with Crippen molar-refractivity contribution < 1.29 is 19.5 Å². The Morgan fingerprint density at radius 2 is 1.76 bits per heavy atom. The van der Waals surface area contributed by atoms with Crippen LogP contribution in [0.1, 0.15) is 46.0 Å². The van der Waals surface area contributed by atoms with Crippen molar-refractivity contribution in [3.63, 3.8) is 0 Å². The normalized spacial score (nSPS) is 12.2. The third-order valence-corrected chi connectivity index (χ3v) is 2.48. The SMILES string of the molecule is CCCC(CCC)C(=O)N[C@H]([C]=O)CC(=O)O. The monoisotopic (exact) mass is 242 g/mol. The van der Waals surface area contributed by atoms with Gasteiger partial charge in [-0.05, 0) is 12.8 Å². The van der Waals surface area contributed by atoms with Crippen LogP contribution >= 0.6 is 0 Å². The van der Waals surface area contributed by atoms with Gasteiger partial charge in [0.2, 0.25) is 12.2 Å². The minimum Gasteiger partial charge on any atom is -0.481 e. The number of aliphatic carboxylic acids is 1. The van der Waals surface area contributed by atoms with Crippen molar-refractivity contribution in [3.05, 3.63) is 0 Å². The van der Waals surface area contributed by atoms with E-state index in [-0.39, 0.29) is 11.8 Å². The number of hydrogen-bond acceptors (Lipinski definition) is 3. The smallest absolute Gasteiger partial charge is 0.305 e. The maximum Gasteiger partial charge on any atom is 0.305 e. The molecule has 1 atom stereocenters. The molecule has 5 nitrogen and oxygen atoms in total. The molecule has 0 spiro atoms. The molecule has 0 aromatic rings. The molecule has 97 valence electrons. The molecule has 0 heterocycles. The van der Waals surface area contributed by atoms with E-state index in [0.29, 0.717) is 0 Å². The van der Waals surface area contributed by atoms with Crippen molar-refractivity contribution >= 4 is 18.2 Å². The third kappa shape index (κ3) is 6.71. The van der Waals surface area contributed by atoms with Gasteiger partial charge in [0.1, 0.15) is 6.04 Å². The van der Waals surface area contributed by atoms with E-state index in [9.17, 15) is 14.4 Å². The van der Waals surface area contributed by atoms with Gasteiger partial charge in [0.05, 0.1) is 6.42 Å². The van der Waals surface area contributed by atoms with Gasteiger partial charge in [-0.3, -0.25) is 14.4 Å². The van der Waals surface area contributed by atoms with Crippen molar-refractivity contribution in [1.82, 2.24) is 5.32 Å². The molecule has 0 bridgehead atoms. The zero-order valence-electron chi connectivity index (χ0n) is 10.4. The third-order valence-electron chi connectivity index (χ3n) is 2.48. The first-order valence-electron chi connectivity index (χ1n) is 5.94. The molecule has 0 aliphatic carbocycles. The van der Waals surface area contributed by atoms with E-state index in [0.717, 1.165) is 25.7 Å². The summed E-state index contributed by atoms with van der Waals surface area (Å²) < 4.78 is 0. The van der Waals surface area contributed by atoms with Gasteiger partial charge >= 0.3 is 5.97 Å². The van der Waals surface area contributed by atoms with Gasteiger partial charge in [-0.25, -0.2) is 0 Å². The van der Waals surface area contributed by atoms with Crippen LogP contribution in [0.2, 0.25) is 0 Å². The van der Waals surface area contributed by atoms with Crippen LogP contribution in [0.3, 0.4) is 0 Å². The van der Waals surface area contributed by atoms with Gasteiger partial charge < -0.3 is 10.4 Å². The summed E-state index contributed by atoms with van der Waals surface area (Å²) in [5, 5.41) is 11.0. The second kappa shape index (κ2) is 8.73. The molecule has 2 N–H and O–H groups in total. The number of amides is 1. The molecule has 1 amide bonds. The van der Waals surface area contributed by atoms with Crippen LogP contribution in [0.4, 0.5) is 0 Å². The van der Waals surface area contributed by atoms with Crippen molar-refractivity contribution in [2.75, 3.05) is 0 Å². The van der Waals surface area contributed by atoms with Crippen molar-refractivity contribution in [1.29, 1.82) is 0 Å². The second-order valence-corrected chi connectivity index (χ2v) is 4.05. The van der Waals surface area contributed by atoms with E-state index in [4.69, 9.17) is 5.11 Å². The summed E-state index contributed by atoms with van der Waals surface area (Å²) in [5.74, 6) is -1.51. The molecule has 5 heteroatoms. The lowest BCUT2D eigenvalue weighted by Gasteiger charge is -2.17. The van der Waals surface area contributed by atoms with Gasteiger partial charge in [0.25, 0.3) is 0 Å². The highest BCUT2D eigenvalue weighted by Gasteiger charge is 2.21. The molecule has 0 aliphatic heterocycles. The number of carboxylic acids is 1.